The van der Waals surface area contributed by atoms with Crippen molar-refractivity contribution >= 4 is 17.5 Å². The fourth-order valence-corrected chi connectivity index (χ4v) is 5.64. The minimum atomic E-state index is -0.559. The van der Waals surface area contributed by atoms with Gasteiger partial charge in [0.25, 0.3) is 5.91 Å². The van der Waals surface area contributed by atoms with Gasteiger partial charge < -0.3 is 19.7 Å². The molecule has 2 amide bonds. The predicted octanol–water partition coefficient (Wildman–Crippen LogP) is 5.96. The number of nitrogens with one attached hydrogen (secondary N) is 1. The summed E-state index contributed by atoms with van der Waals surface area (Å²) in [5, 5.41) is 3.11. The van der Waals surface area contributed by atoms with Crippen LogP contribution in [0.25, 0.3) is 0 Å². The van der Waals surface area contributed by atoms with E-state index in [4.69, 9.17) is 9.47 Å². The van der Waals surface area contributed by atoms with Gasteiger partial charge in [-0.3, -0.25) is 9.59 Å². The number of carbonyl (C=O) groups is 2. The zero-order valence-corrected chi connectivity index (χ0v) is 20.8. The van der Waals surface area contributed by atoms with Crippen LogP contribution in [0.3, 0.4) is 0 Å². The van der Waals surface area contributed by atoms with Crippen molar-refractivity contribution in [3.63, 3.8) is 0 Å². The summed E-state index contributed by atoms with van der Waals surface area (Å²) < 4.78 is 10.6. The third-order valence-electron chi connectivity index (χ3n) is 7.44. The molecule has 1 N–H and O–H groups in total. The number of hydrogen-bond acceptors (Lipinski definition) is 4. The first-order valence-corrected chi connectivity index (χ1v) is 12.6. The van der Waals surface area contributed by atoms with Gasteiger partial charge in [0.15, 0.2) is 0 Å². The first-order chi connectivity index (χ1) is 17.6. The maximum absolute atomic E-state index is 14.0. The number of fused-ring (bicyclic) bond motifs is 1. The molecule has 1 saturated carbocycles. The smallest absolute Gasteiger partial charge is 0.254 e. The maximum Gasteiger partial charge on any atom is 0.254 e. The Kier molecular flexibility index (Phi) is 6.94. The molecule has 1 aliphatic carbocycles. The largest absolute Gasteiger partial charge is 0.497 e. The van der Waals surface area contributed by atoms with Gasteiger partial charge in [-0.25, -0.2) is 0 Å². The summed E-state index contributed by atoms with van der Waals surface area (Å²) in [7, 11) is 3.25. The average molecular weight is 485 g/mol. The topological polar surface area (TPSA) is 67.9 Å². The highest BCUT2D eigenvalue weighted by Crippen LogP contribution is 2.46. The zero-order chi connectivity index (χ0) is 25.1. The SMILES string of the molecule is COc1ccc(NC(=O)[C@H]2c3ccccc3C(=O)N(C3CCCCC3)[C@H]2c2ccc(OC)cc2)cc1. The van der Waals surface area contributed by atoms with Gasteiger partial charge in [0.1, 0.15) is 11.5 Å². The van der Waals surface area contributed by atoms with Crippen LogP contribution in [0.15, 0.2) is 72.8 Å². The number of rotatable bonds is 6. The van der Waals surface area contributed by atoms with Crippen LogP contribution in [-0.2, 0) is 4.79 Å². The molecule has 6 nitrogen and oxygen atoms in total. The molecule has 2 aliphatic rings. The van der Waals surface area contributed by atoms with E-state index in [1.165, 1.54) is 6.42 Å². The van der Waals surface area contributed by atoms with Crippen LogP contribution in [-0.4, -0.2) is 37.0 Å². The molecule has 5 rings (SSSR count). The van der Waals surface area contributed by atoms with E-state index in [-0.39, 0.29) is 17.9 Å². The minimum Gasteiger partial charge on any atom is -0.497 e. The Labute approximate surface area is 212 Å². The molecule has 0 saturated heterocycles. The van der Waals surface area contributed by atoms with Crippen molar-refractivity contribution < 1.29 is 19.1 Å². The molecule has 0 unspecified atom stereocenters. The summed E-state index contributed by atoms with van der Waals surface area (Å²) in [4.78, 5) is 30.0. The normalized spacial score (nSPS) is 19.9. The lowest BCUT2D eigenvalue weighted by Crippen LogP contribution is -2.51. The molecule has 1 fully saturated rings. The van der Waals surface area contributed by atoms with E-state index in [2.05, 4.69) is 5.32 Å². The van der Waals surface area contributed by atoms with Gasteiger partial charge in [-0.05, 0) is 66.4 Å². The van der Waals surface area contributed by atoms with E-state index >= 15 is 0 Å². The van der Waals surface area contributed by atoms with Gasteiger partial charge >= 0.3 is 0 Å². The number of carbonyl (C=O) groups excluding carboxylic acids is 2. The number of anilines is 1. The quantitative estimate of drug-likeness (QED) is 0.469. The summed E-state index contributed by atoms with van der Waals surface area (Å²) in [5.41, 5.74) is 3.00. The molecule has 2 atom stereocenters. The van der Waals surface area contributed by atoms with Crippen LogP contribution < -0.4 is 14.8 Å². The standard InChI is InChI=1S/C30H32N2O4/c1-35-23-16-12-20(13-17-23)28-27(29(33)31-21-14-18-24(36-2)19-15-21)25-10-6-7-11-26(25)30(34)32(28)22-8-4-3-5-9-22/h6-7,10-19,22,27-28H,3-5,8-9H2,1-2H3,(H,31,33)/t27-,28-/m0/s1. The Bertz CT molecular complexity index is 1220. The molecule has 6 heteroatoms. The Morgan fingerprint density at radius 3 is 2.08 bits per heavy atom. The summed E-state index contributed by atoms with van der Waals surface area (Å²) in [6, 6.07) is 22.3. The number of nitrogens with zero attached hydrogens (tertiary/aromatic N) is 1. The molecule has 3 aromatic carbocycles. The Morgan fingerprint density at radius 1 is 0.833 bits per heavy atom. The van der Waals surface area contributed by atoms with Crippen molar-refractivity contribution in [3.05, 3.63) is 89.5 Å². The minimum absolute atomic E-state index is 0.00631. The van der Waals surface area contributed by atoms with Gasteiger partial charge in [0.05, 0.1) is 26.2 Å². The average Bonchev–Trinajstić information content (AvgIpc) is 2.94. The second-order valence-corrected chi connectivity index (χ2v) is 9.50. The van der Waals surface area contributed by atoms with Crippen molar-refractivity contribution in [2.75, 3.05) is 19.5 Å². The van der Waals surface area contributed by atoms with Crippen LogP contribution in [0.4, 0.5) is 5.69 Å². The Hall–Kier alpha value is -3.80. The van der Waals surface area contributed by atoms with Crippen LogP contribution in [0, 0.1) is 0 Å². The first-order valence-electron chi connectivity index (χ1n) is 12.6. The molecule has 186 valence electrons. The lowest BCUT2D eigenvalue weighted by Gasteiger charge is -2.46. The molecule has 1 heterocycles. The van der Waals surface area contributed by atoms with Gasteiger partial charge in [-0.15, -0.1) is 0 Å². The predicted molar refractivity (Wildman–Crippen MR) is 140 cm³/mol. The molecule has 3 aromatic rings. The monoisotopic (exact) mass is 484 g/mol. The van der Waals surface area contributed by atoms with Crippen molar-refractivity contribution in [1.29, 1.82) is 0 Å². The fourth-order valence-electron chi connectivity index (χ4n) is 5.64. The van der Waals surface area contributed by atoms with Crippen LogP contribution >= 0.6 is 0 Å². The maximum atomic E-state index is 14.0. The van der Waals surface area contributed by atoms with Crippen LogP contribution in [0.5, 0.6) is 11.5 Å². The highest BCUT2D eigenvalue weighted by atomic mass is 16.5. The van der Waals surface area contributed by atoms with E-state index < -0.39 is 12.0 Å². The summed E-state index contributed by atoms with van der Waals surface area (Å²) in [5.74, 6) is 0.774. The Morgan fingerprint density at radius 2 is 1.44 bits per heavy atom. The number of hydrogen-bond donors (Lipinski definition) is 1. The van der Waals surface area contributed by atoms with Gasteiger partial charge in [-0.1, -0.05) is 49.6 Å². The molecule has 0 bridgehead atoms. The second-order valence-electron chi connectivity index (χ2n) is 9.50. The van der Waals surface area contributed by atoms with Crippen molar-refractivity contribution in [2.24, 2.45) is 0 Å². The molecule has 0 radical (unpaired) electrons. The van der Waals surface area contributed by atoms with Crippen LogP contribution in [0.1, 0.15) is 65.5 Å². The second kappa shape index (κ2) is 10.4. The highest BCUT2D eigenvalue weighted by Gasteiger charge is 2.46. The van der Waals surface area contributed by atoms with E-state index in [0.29, 0.717) is 11.3 Å². The van der Waals surface area contributed by atoms with E-state index in [1.807, 2.05) is 77.7 Å². The van der Waals surface area contributed by atoms with E-state index in [1.54, 1.807) is 14.2 Å². The van der Waals surface area contributed by atoms with Crippen LogP contribution in [0.2, 0.25) is 0 Å². The highest BCUT2D eigenvalue weighted by molar-refractivity contribution is 6.04. The third-order valence-corrected chi connectivity index (χ3v) is 7.44. The molecule has 0 aromatic heterocycles. The molecule has 0 spiro atoms. The third kappa shape index (κ3) is 4.55. The van der Waals surface area contributed by atoms with Gasteiger partial charge in [0, 0.05) is 17.3 Å². The van der Waals surface area contributed by atoms with Gasteiger partial charge in [0.2, 0.25) is 5.91 Å². The molecule has 1 aliphatic heterocycles. The zero-order valence-electron chi connectivity index (χ0n) is 20.8. The molecular formula is C30H32N2O4. The lowest BCUT2D eigenvalue weighted by atomic mass is 9.77. The van der Waals surface area contributed by atoms with Crippen molar-refractivity contribution in [1.82, 2.24) is 4.90 Å². The Balaban J connectivity index is 1.61. The van der Waals surface area contributed by atoms with Crippen molar-refractivity contribution in [3.8, 4) is 11.5 Å². The van der Waals surface area contributed by atoms with Crippen molar-refractivity contribution in [2.45, 2.75) is 50.1 Å². The number of amides is 2. The lowest BCUT2D eigenvalue weighted by molar-refractivity contribution is -0.119. The van der Waals surface area contributed by atoms with E-state index in [0.717, 1.165) is 48.3 Å². The molecule has 36 heavy (non-hydrogen) atoms. The molecular weight excluding hydrogens is 452 g/mol. The number of benzene rings is 3. The van der Waals surface area contributed by atoms with Gasteiger partial charge in [-0.2, -0.15) is 0 Å². The summed E-state index contributed by atoms with van der Waals surface area (Å²) in [6.07, 6.45) is 5.27. The van der Waals surface area contributed by atoms with E-state index in [9.17, 15) is 9.59 Å². The number of ether oxygens (including phenoxy) is 2. The fraction of sp³-hybridized carbons (Fsp3) is 0.333. The summed E-state index contributed by atoms with van der Waals surface area (Å²) in [6.45, 7) is 0. The first kappa shape index (κ1) is 23.9. The number of methoxy groups -OCH3 is 2. The summed E-state index contributed by atoms with van der Waals surface area (Å²) >= 11 is 0.